The van der Waals surface area contributed by atoms with E-state index in [1.54, 1.807) is 97.1 Å². The number of nitrogens with one attached hydrogen (secondary N) is 2. The van der Waals surface area contributed by atoms with Crippen LogP contribution in [-0.2, 0) is 41.6 Å². The summed E-state index contributed by atoms with van der Waals surface area (Å²) in [6.45, 7) is 13.2. The Hall–Kier alpha value is -7.60. The Labute approximate surface area is 503 Å². The SMILES string of the molecule is CC(C)(O)C(=O)c1ccc(COC(=O)N(CCCCCCNC(=O)OCCOCCOCCOC(=O)NCCCCCCN(C(=O)OCc2ccc(C(=O)C(C)(C)O)cc2)c2ccc(C(=O)C(C)(C)O)cc2)c2ccc(C(=O)C(C)(C)O)cc2)cc1. The Balaban J connectivity index is 1.04. The van der Waals surface area contributed by atoms with Crippen LogP contribution in [0.4, 0.5) is 30.6 Å². The number of alkyl carbamates (subject to hydrolysis) is 2. The van der Waals surface area contributed by atoms with Gasteiger partial charge in [-0.05, 0) is 141 Å². The minimum absolute atomic E-state index is 0.0211. The zero-order valence-electron chi connectivity index (χ0n) is 50.8. The van der Waals surface area contributed by atoms with E-state index in [1.807, 2.05) is 0 Å². The molecule has 0 aliphatic rings. The number of amides is 4. The lowest BCUT2D eigenvalue weighted by atomic mass is 9.96. The zero-order chi connectivity index (χ0) is 63.5. The van der Waals surface area contributed by atoms with E-state index in [1.165, 1.54) is 65.2 Å². The molecular formula is C64H86N4O18. The molecule has 0 saturated carbocycles. The minimum Gasteiger partial charge on any atom is -0.447 e. The highest BCUT2D eigenvalue weighted by Gasteiger charge is 2.29. The van der Waals surface area contributed by atoms with Gasteiger partial charge in [-0.1, -0.05) is 74.2 Å². The van der Waals surface area contributed by atoms with Crippen molar-refractivity contribution in [2.24, 2.45) is 0 Å². The van der Waals surface area contributed by atoms with Crippen LogP contribution in [0.2, 0.25) is 0 Å². The lowest BCUT2D eigenvalue weighted by molar-refractivity contribution is 0.0156. The van der Waals surface area contributed by atoms with Gasteiger partial charge in [0.1, 0.15) is 48.8 Å². The van der Waals surface area contributed by atoms with Crippen molar-refractivity contribution in [2.45, 2.75) is 142 Å². The summed E-state index contributed by atoms with van der Waals surface area (Å²) in [6, 6.07) is 25.4. The normalized spacial score (nSPS) is 11.7. The molecule has 22 heteroatoms. The van der Waals surface area contributed by atoms with Gasteiger partial charge in [0, 0.05) is 59.8 Å². The first-order valence-electron chi connectivity index (χ1n) is 28.9. The molecule has 0 saturated heterocycles. The number of carbonyl (C=O) groups is 8. The molecule has 0 atom stereocenters. The molecule has 6 N–H and O–H groups in total. The molecule has 4 aromatic carbocycles. The number of carbonyl (C=O) groups excluding carboxylic acids is 8. The Morgan fingerprint density at radius 3 is 0.919 bits per heavy atom. The zero-order valence-corrected chi connectivity index (χ0v) is 50.8. The van der Waals surface area contributed by atoms with Crippen LogP contribution in [0, 0.1) is 0 Å². The second-order valence-electron chi connectivity index (χ2n) is 22.6. The quantitative estimate of drug-likeness (QED) is 0.0139. The topological polar surface area (TPSA) is 303 Å². The number of ether oxygens (including phenoxy) is 6. The van der Waals surface area contributed by atoms with Gasteiger partial charge in [-0.15, -0.1) is 0 Å². The van der Waals surface area contributed by atoms with Crippen LogP contribution in [0.1, 0.15) is 159 Å². The fourth-order valence-corrected chi connectivity index (χ4v) is 8.29. The first-order valence-corrected chi connectivity index (χ1v) is 28.9. The molecule has 0 spiro atoms. The summed E-state index contributed by atoms with van der Waals surface area (Å²) in [5, 5.41) is 45.9. The van der Waals surface area contributed by atoms with E-state index in [-0.39, 0.29) is 77.1 Å². The molecule has 0 bridgehead atoms. The largest absolute Gasteiger partial charge is 0.447 e. The number of nitrogens with zero attached hydrogens (tertiary/aromatic N) is 2. The van der Waals surface area contributed by atoms with Gasteiger partial charge in [-0.3, -0.25) is 29.0 Å². The standard InChI is InChI=1S/C64H86N4O18/c1-61(2,77)53(69)47-21-17-45(18-22-47)43-85-59(75)67(51-29-25-49(26-30-51)55(71)63(5,6)79)35-15-11-9-13-33-65-57(73)83-41-39-81-37-38-82-40-42-84-58(74)66-34-14-10-12-16-36-68(52-31-27-50(28-32-52)56(72)64(7,8)80)60(76)86-44-46-19-23-48(24-20-46)54(70)62(3,4)78/h17-32,77-80H,9-16,33-44H2,1-8H3,(H,65,73)(H,66,74). The number of unbranched alkanes of at least 4 members (excludes halogenated alkanes) is 6. The third kappa shape index (κ3) is 25.2. The summed E-state index contributed by atoms with van der Waals surface area (Å²) in [5.74, 6) is -1.81. The van der Waals surface area contributed by atoms with Crippen LogP contribution < -0.4 is 20.4 Å². The van der Waals surface area contributed by atoms with E-state index in [0.29, 0.717) is 85.2 Å². The van der Waals surface area contributed by atoms with Gasteiger partial charge in [-0.2, -0.15) is 0 Å². The number of anilines is 2. The first kappa shape index (κ1) is 70.9. The fraction of sp³-hybridized carbons (Fsp3) is 0.500. The first-order chi connectivity index (χ1) is 40.6. The lowest BCUT2D eigenvalue weighted by Gasteiger charge is -2.23. The van der Waals surface area contributed by atoms with Crippen molar-refractivity contribution >= 4 is 58.9 Å². The summed E-state index contributed by atoms with van der Waals surface area (Å²) < 4.78 is 32.5. The smallest absolute Gasteiger partial charge is 0.414 e. The van der Waals surface area contributed by atoms with E-state index in [0.717, 1.165) is 12.8 Å². The van der Waals surface area contributed by atoms with Crippen molar-refractivity contribution in [1.29, 1.82) is 0 Å². The van der Waals surface area contributed by atoms with E-state index in [4.69, 9.17) is 28.4 Å². The summed E-state index contributed by atoms with van der Waals surface area (Å²) >= 11 is 0. The molecule has 0 aromatic heterocycles. The van der Waals surface area contributed by atoms with E-state index in [9.17, 15) is 58.8 Å². The molecule has 4 rings (SSSR count). The maximum atomic E-state index is 13.4. The fourth-order valence-electron chi connectivity index (χ4n) is 8.29. The van der Waals surface area contributed by atoms with Crippen molar-refractivity contribution in [3.8, 4) is 0 Å². The van der Waals surface area contributed by atoms with Crippen LogP contribution in [-0.4, -0.2) is 156 Å². The Bertz CT molecular complexity index is 2620. The number of hydrogen-bond donors (Lipinski definition) is 6. The van der Waals surface area contributed by atoms with E-state index in [2.05, 4.69) is 10.6 Å². The minimum atomic E-state index is -1.57. The van der Waals surface area contributed by atoms with Gasteiger partial charge >= 0.3 is 24.4 Å². The maximum Gasteiger partial charge on any atom is 0.414 e. The molecule has 22 nitrogen and oxygen atoms in total. The van der Waals surface area contributed by atoms with Crippen LogP contribution in [0.15, 0.2) is 97.1 Å². The van der Waals surface area contributed by atoms with Gasteiger partial charge < -0.3 is 59.5 Å². The molecule has 0 radical (unpaired) electrons. The number of rotatable bonds is 37. The highest BCUT2D eigenvalue weighted by Crippen LogP contribution is 2.24. The molecule has 0 aliphatic heterocycles. The number of ketones is 4. The Morgan fingerprint density at radius 2 is 0.628 bits per heavy atom. The summed E-state index contributed by atoms with van der Waals surface area (Å²) in [4.78, 5) is 104. The van der Waals surface area contributed by atoms with E-state index < -0.39 is 69.9 Å². The monoisotopic (exact) mass is 1200 g/mol. The van der Waals surface area contributed by atoms with Gasteiger partial charge in [0.05, 0.1) is 26.4 Å². The number of aliphatic hydroxyl groups is 4. The maximum absolute atomic E-state index is 13.4. The summed E-state index contributed by atoms with van der Waals surface area (Å²) in [6.07, 6.45) is 2.94. The lowest BCUT2D eigenvalue weighted by Crippen LogP contribution is -2.33. The molecular weight excluding hydrogens is 1110 g/mol. The van der Waals surface area contributed by atoms with Crippen LogP contribution in [0.25, 0.3) is 0 Å². The second-order valence-corrected chi connectivity index (χ2v) is 22.6. The van der Waals surface area contributed by atoms with Gasteiger partial charge in [0.25, 0.3) is 0 Å². The molecule has 0 unspecified atom stereocenters. The van der Waals surface area contributed by atoms with Crippen LogP contribution in [0.3, 0.4) is 0 Å². The van der Waals surface area contributed by atoms with Crippen molar-refractivity contribution in [2.75, 3.05) is 75.6 Å². The van der Waals surface area contributed by atoms with Crippen LogP contribution in [0.5, 0.6) is 0 Å². The molecule has 86 heavy (non-hydrogen) atoms. The predicted octanol–water partition coefficient (Wildman–Crippen LogP) is 9.09. The Morgan fingerprint density at radius 1 is 0.360 bits per heavy atom. The van der Waals surface area contributed by atoms with Crippen molar-refractivity contribution in [3.05, 3.63) is 130 Å². The van der Waals surface area contributed by atoms with E-state index >= 15 is 0 Å². The Kier molecular flexibility index (Phi) is 28.5. The average molecular weight is 1200 g/mol. The third-order valence-electron chi connectivity index (χ3n) is 13.2. The molecule has 0 fully saturated rings. The second kappa shape index (κ2) is 34.5. The molecule has 4 amide bonds. The van der Waals surface area contributed by atoms with Gasteiger partial charge in [0.15, 0.2) is 23.1 Å². The highest BCUT2D eigenvalue weighted by atomic mass is 16.6. The van der Waals surface area contributed by atoms with Gasteiger partial charge in [-0.25, -0.2) is 19.2 Å². The molecule has 0 aliphatic carbocycles. The number of benzene rings is 4. The predicted molar refractivity (Wildman–Crippen MR) is 321 cm³/mol. The molecule has 0 heterocycles. The van der Waals surface area contributed by atoms with Gasteiger partial charge in [0.2, 0.25) is 0 Å². The summed E-state index contributed by atoms with van der Waals surface area (Å²) in [7, 11) is 0. The highest BCUT2D eigenvalue weighted by molar-refractivity contribution is 6.04. The van der Waals surface area contributed by atoms with Crippen molar-refractivity contribution in [3.63, 3.8) is 0 Å². The van der Waals surface area contributed by atoms with Crippen molar-refractivity contribution in [1.82, 2.24) is 10.6 Å². The molecule has 470 valence electrons. The number of Topliss-reactive ketones (excluding diaryl/α,β-unsaturated/α-hetero) is 4. The van der Waals surface area contributed by atoms with Crippen molar-refractivity contribution < 1.29 is 87.2 Å². The third-order valence-corrected chi connectivity index (χ3v) is 13.2. The number of hydrogen-bond acceptors (Lipinski definition) is 18. The molecule has 4 aromatic rings. The summed E-state index contributed by atoms with van der Waals surface area (Å²) in [5.41, 5.74) is -2.76. The van der Waals surface area contributed by atoms with Crippen LogP contribution >= 0.6 is 0 Å². The average Bonchev–Trinajstić information content (AvgIpc) is 3.67.